The van der Waals surface area contributed by atoms with Crippen molar-refractivity contribution >= 4 is 21.5 Å². The van der Waals surface area contributed by atoms with E-state index in [0.29, 0.717) is 11.4 Å². The summed E-state index contributed by atoms with van der Waals surface area (Å²) >= 11 is 0. The van der Waals surface area contributed by atoms with E-state index in [1.165, 1.54) is 19.2 Å². The number of nitrogens with two attached hydrogens (primary N) is 1. The number of anilines is 1. The molecule has 1 aromatic carbocycles. The monoisotopic (exact) mass is 315 g/mol. The van der Waals surface area contributed by atoms with Gasteiger partial charge in [0.1, 0.15) is 12.4 Å². The molecule has 0 saturated carbocycles. The predicted molar refractivity (Wildman–Crippen MR) is 81.2 cm³/mol. The summed E-state index contributed by atoms with van der Waals surface area (Å²) in [7, 11) is -1.87. The second kappa shape index (κ2) is 6.34. The molecule has 2 N–H and O–H groups in total. The number of ether oxygens (including phenoxy) is 2. The molecule has 0 aliphatic carbocycles. The fourth-order valence-corrected chi connectivity index (χ4v) is 2.41. The minimum Gasteiger partial charge on any atom is -0.497 e. The molecule has 7 heteroatoms. The number of carbonyl (C=O) groups is 1. The molecular weight excluding hydrogens is 294 g/mol. The summed E-state index contributed by atoms with van der Waals surface area (Å²) in [5.41, 5.74) is 6.23. The van der Waals surface area contributed by atoms with Gasteiger partial charge in [0.15, 0.2) is 9.84 Å². The third kappa shape index (κ3) is 4.63. The molecule has 0 aromatic heterocycles. The third-order valence-corrected chi connectivity index (χ3v) is 5.49. The highest BCUT2D eigenvalue weighted by atomic mass is 32.2. The fraction of sp³-hybridized carbons (Fsp3) is 0.500. The Bertz CT molecular complexity index is 617. The molecule has 0 atom stereocenters. The highest BCUT2D eigenvalue weighted by Crippen LogP contribution is 2.19. The van der Waals surface area contributed by atoms with Gasteiger partial charge in [-0.25, -0.2) is 13.2 Å². The Morgan fingerprint density at radius 3 is 2.38 bits per heavy atom. The molecule has 21 heavy (non-hydrogen) atoms. The van der Waals surface area contributed by atoms with Gasteiger partial charge in [-0.1, -0.05) is 0 Å². The molecular formula is C14H21NO5S. The van der Waals surface area contributed by atoms with Crippen molar-refractivity contribution in [3.05, 3.63) is 23.8 Å². The molecule has 0 radical (unpaired) electrons. The van der Waals surface area contributed by atoms with E-state index in [2.05, 4.69) is 0 Å². The Hall–Kier alpha value is -1.76. The van der Waals surface area contributed by atoms with Crippen LogP contribution in [0.2, 0.25) is 0 Å². The lowest BCUT2D eigenvalue weighted by Crippen LogP contribution is -2.32. The van der Waals surface area contributed by atoms with E-state index in [-0.39, 0.29) is 17.9 Å². The summed E-state index contributed by atoms with van der Waals surface area (Å²) in [6, 6.07) is 4.50. The Kier molecular flexibility index (Phi) is 5.22. The summed E-state index contributed by atoms with van der Waals surface area (Å²) in [5, 5.41) is 0. The van der Waals surface area contributed by atoms with Crippen LogP contribution in [0.5, 0.6) is 5.75 Å². The summed E-state index contributed by atoms with van der Waals surface area (Å²) in [6.07, 6.45) is 0. The third-order valence-electron chi connectivity index (χ3n) is 2.92. The first kappa shape index (κ1) is 17.3. The largest absolute Gasteiger partial charge is 0.497 e. The Morgan fingerprint density at radius 2 is 1.86 bits per heavy atom. The number of hydrogen-bond donors (Lipinski definition) is 1. The topological polar surface area (TPSA) is 95.7 Å². The lowest BCUT2D eigenvalue weighted by molar-refractivity contribution is 0.0528. The van der Waals surface area contributed by atoms with Gasteiger partial charge in [-0.3, -0.25) is 0 Å². The number of esters is 1. The SMILES string of the molecule is COc1cc(N)cc(C(=O)OCCS(=O)(=O)C(C)(C)C)c1. The van der Waals surface area contributed by atoms with Crippen LogP contribution in [0.3, 0.4) is 0 Å². The van der Waals surface area contributed by atoms with Crippen LogP contribution in [0.4, 0.5) is 5.69 Å². The molecule has 0 saturated heterocycles. The van der Waals surface area contributed by atoms with E-state index >= 15 is 0 Å². The molecule has 0 heterocycles. The van der Waals surface area contributed by atoms with Crippen LogP contribution in [-0.2, 0) is 14.6 Å². The number of sulfone groups is 1. The van der Waals surface area contributed by atoms with E-state index < -0.39 is 20.6 Å². The van der Waals surface area contributed by atoms with Crippen molar-refractivity contribution in [2.75, 3.05) is 25.2 Å². The van der Waals surface area contributed by atoms with E-state index in [4.69, 9.17) is 15.2 Å². The van der Waals surface area contributed by atoms with Crippen molar-refractivity contribution in [3.63, 3.8) is 0 Å². The van der Waals surface area contributed by atoms with Gasteiger partial charge >= 0.3 is 5.97 Å². The van der Waals surface area contributed by atoms with E-state index in [0.717, 1.165) is 0 Å². The molecule has 1 aromatic rings. The van der Waals surface area contributed by atoms with Crippen LogP contribution in [0.15, 0.2) is 18.2 Å². The van der Waals surface area contributed by atoms with E-state index in [1.54, 1.807) is 26.8 Å². The van der Waals surface area contributed by atoms with Crippen LogP contribution in [0.25, 0.3) is 0 Å². The van der Waals surface area contributed by atoms with E-state index in [1.807, 2.05) is 0 Å². The first-order chi connectivity index (χ1) is 9.56. The predicted octanol–water partition coefficient (Wildman–Crippen LogP) is 1.65. The summed E-state index contributed by atoms with van der Waals surface area (Å²) in [4.78, 5) is 11.9. The van der Waals surface area contributed by atoms with Crippen LogP contribution in [-0.4, -0.2) is 38.6 Å². The number of carbonyl (C=O) groups excluding carboxylic acids is 1. The van der Waals surface area contributed by atoms with Crippen LogP contribution in [0.1, 0.15) is 31.1 Å². The highest BCUT2D eigenvalue weighted by Gasteiger charge is 2.28. The average Bonchev–Trinajstić information content (AvgIpc) is 2.36. The van der Waals surface area contributed by atoms with Crippen LogP contribution < -0.4 is 10.5 Å². The highest BCUT2D eigenvalue weighted by molar-refractivity contribution is 7.92. The van der Waals surface area contributed by atoms with Crippen molar-refractivity contribution in [2.24, 2.45) is 0 Å². The molecule has 0 unspecified atom stereocenters. The minimum absolute atomic E-state index is 0.199. The first-order valence-corrected chi connectivity index (χ1v) is 8.06. The first-order valence-electron chi connectivity index (χ1n) is 6.41. The molecule has 0 aliphatic heterocycles. The molecule has 6 nitrogen and oxygen atoms in total. The number of rotatable bonds is 5. The molecule has 0 spiro atoms. The Labute approximate surface area is 125 Å². The Morgan fingerprint density at radius 1 is 1.24 bits per heavy atom. The van der Waals surface area contributed by atoms with Gasteiger partial charge in [0.05, 0.1) is 23.2 Å². The van der Waals surface area contributed by atoms with Gasteiger partial charge in [0.2, 0.25) is 0 Å². The van der Waals surface area contributed by atoms with Crippen molar-refractivity contribution in [1.82, 2.24) is 0 Å². The van der Waals surface area contributed by atoms with Gasteiger partial charge in [-0.05, 0) is 32.9 Å². The number of nitrogen functional groups attached to an aromatic ring is 1. The molecule has 0 fully saturated rings. The molecule has 118 valence electrons. The van der Waals surface area contributed by atoms with Crippen molar-refractivity contribution in [1.29, 1.82) is 0 Å². The molecule has 1 rings (SSSR count). The lowest BCUT2D eigenvalue weighted by Gasteiger charge is -2.18. The molecule has 0 amide bonds. The standard InChI is InChI=1S/C14H21NO5S/c1-14(2,3)21(17,18)6-5-20-13(16)10-7-11(15)9-12(8-10)19-4/h7-9H,5-6,15H2,1-4H3. The molecule has 0 aliphatic rings. The number of hydrogen-bond acceptors (Lipinski definition) is 6. The maximum atomic E-state index is 11.9. The zero-order chi connectivity index (χ0) is 16.3. The van der Waals surface area contributed by atoms with Gasteiger partial charge in [-0.15, -0.1) is 0 Å². The summed E-state index contributed by atoms with van der Waals surface area (Å²) < 4.78 is 32.9. The maximum Gasteiger partial charge on any atom is 0.338 e. The van der Waals surface area contributed by atoms with E-state index in [9.17, 15) is 13.2 Å². The van der Waals surface area contributed by atoms with Crippen LogP contribution >= 0.6 is 0 Å². The molecule has 0 bridgehead atoms. The second-order valence-electron chi connectivity index (χ2n) is 5.56. The fourth-order valence-electron chi connectivity index (χ4n) is 1.49. The van der Waals surface area contributed by atoms with Crippen molar-refractivity contribution in [2.45, 2.75) is 25.5 Å². The second-order valence-corrected chi connectivity index (χ2v) is 8.42. The minimum atomic E-state index is -3.32. The number of benzene rings is 1. The van der Waals surface area contributed by atoms with Crippen LogP contribution in [0, 0.1) is 0 Å². The van der Waals surface area contributed by atoms with Crippen molar-refractivity contribution in [3.8, 4) is 5.75 Å². The smallest absolute Gasteiger partial charge is 0.338 e. The summed E-state index contributed by atoms with van der Waals surface area (Å²) in [5.74, 6) is -0.421. The van der Waals surface area contributed by atoms with Gasteiger partial charge in [-0.2, -0.15) is 0 Å². The van der Waals surface area contributed by atoms with Gasteiger partial charge in [0.25, 0.3) is 0 Å². The lowest BCUT2D eigenvalue weighted by atomic mass is 10.2. The number of methoxy groups -OCH3 is 1. The summed E-state index contributed by atoms with van der Waals surface area (Å²) in [6.45, 7) is 4.61. The van der Waals surface area contributed by atoms with Gasteiger partial charge in [0, 0.05) is 11.8 Å². The average molecular weight is 315 g/mol. The normalized spacial score (nSPS) is 12.0. The van der Waals surface area contributed by atoms with Crippen molar-refractivity contribution < 1.29 is 22.7 Å². The zero-order valence-corrected chi connectivity index (χ0v) is 13.5. The Balaban J connectivity index is 2.69. The van der Waals surface area contributed by atoms with Gasteiger partial charge < -0.3 is 15.2 Å². The zero-order valence-electron chi connectivity index (χ0n) is 12.7. The maximum absolute atomic E-state index is 11.9. The quantitative estimate of drug-likeness (QED) is 0.655.